The van der Waals surface area contributed by atoms with Crippen molar-refractivity contribution in [2.45, 2.75) is 26.1 Å². The molecule has 2 aromatic carbocycles. The van der Waals surface area contributed by atoms with Crippen LogP contribution in [0.4, 0.5) is 4.79 Å². The van der Waals surface area contributed by atoms with E-state index in [-0.39, 0.29) is 22.8 Å². The Bertz CT molecular complexity index is 1600. The van der Waals surface area contributed by atoms with Crippen LogP contribution in [-0.2, 0) is 14.3 Å². The normalized spacial score (nSPS) is 15.3. The lowest BCUT2D eigenvalue weighted by Gasteiger charge is -2.28. The highest BCUT2D eigenvalue weighted by Gasteiger charge is 2.32. The van der Waals surface area contributed by atoms with Crippen LogP contribution >= 0.6 is 11.6 Å². The fourth-order valence-electron chi connectivity index (χ4n) is 4.33. The van der Waals surface area contributed by atoms with Crippen molar-refractivity contribution in [2.24, 2.45) is 5.10 Å². The Morgan fingerprint density at radius 1 is 1.09 bits per heavy atom. The van der Waals surface area contributed by atoms with Crippen LogP contribution in [0, 0.1) is 0 Å². The number of nitrogens with zero attached hydrogens (tertiary/aromatic N) is 1. The number of aliphatic hydroxyl groups is 1. The van der Waals surface area contributed by atoms with E-state index in [9.17, 15) is 19.5 Å². The molecule has 4 rings (SSSR count). The molecular formula is C30H31ClN4O9. The lowest BCUT2D eigenvalue weighted by atomic mass is 9.95. The number of rotatable bonds is 12. The Morgan fingerprint density at radius 2 is 1.86 bits per heavy atom. The molecule has 0 aliphatic carbocycles. The molecule has 13 nitrogen and oxygen atoms in total. The Kier molecular flexibility index (Phi) is 10.5. The molecule has 2 heterocycles. The van der Waals surface area contributed by atoms with Crippen molar-refractivity contribution in [2.75, 3.05) is 27.4 Å². The van der Waals surface area contributed by atoms with E-state index in [1.54, 1.807) is 62.4 Å². The van der Waals surface area contributed by atoms with Crippen LogP contribution in [0.2, 0.25) is 5.02 Å². The van der Waals surface area contributed by atoms with Crippen LogP contribution in [0.1, 0.15) is 41.6 Å². The average Bonchev–Trinajstić information content (AvgIpc) is 3.48. The molecule has 0 fully saturated rings. The fraction of sp³-hybridized carbons (Fsp3) is 0.267. The second kappa shape index (κ2) is 14.4. The summed E-state index contributed by atoms with van der Waals surface area (Å²) in [4.78, 5) is 36.3. The van der Waals surface area contributed by atoms with Gasteiger partial charge in [-0.2, -0.15) is 5.10 Å². The summed E-state index contributed by atoms with van der Waals surface area (Å²) in [5.41, 5.74) is 4.64. The Hall–Kier alpha value is -5.01. The first-order valence-electron chi connectivity index (χ1n) is 13.4. The van der Waals surface area contributed by atoms with Crippen molar-refractivity contribution >= 4 is 35.8 Å². The van der Waals surface area contributed by atoms with Gasteiger partial charge < -0.3 is 39.1 Å². The quantitative estimate of drug-likeness (QED) is 0.100. The number of esters is 2. The van der Waals surface area contributed by atoms with Gasteiger partial charge in [0.2, 0.25) is 0 Å². The minimum atomic E-state index is -1.19. The summed E-state index contributed by atoms with van der Waals surface area (Å²) in [6.45, 7) is 3.53. The molecule has 2 atom stereocenters. The first-order valence-corrected chi connectivity index (χ1v) is 13.7. The molecule has 44 heavy (non-hydrogen) atoms. The molecule has 0 unspecified atom stereocenters. The van der Waals surface area contributed by atoms with Gasteiger partial charge in [0.05, 0.1) is 49.2 Å². The number of methoxy groups -OCH3 is 2. The van der Waals surface area contributed by atoms with Crippen molar-refractivity contribution < 1.29 is 42.9 Å². The van der Waals surface area contributed by atoms with E-state index in [0.717, 1.165) is 0 Å². The van der Waals surface area contributed by atoms with Crippen molar-refractivity contribution in [3.8, 4) is 22.8 Å². The first-order chi connectivity index (χ1) is 21.1. The molecular weight excluding hydrogens is 596 g/mol. The second-order valence-electron chi connectivity index (χ2n) is 9.30. The summed E-state index contributed by atoms with van der Waals surface area (Å²) in [5, 5.41) is 19.9. The Balaban J connectivity index is 1.38. The van der Waals surface area contributed by atoms with Crippen LogP contribution < -0.4 is 25.5 Å². The third-order valence-electron chi connectivity index (χ3n) is 6.37. The minimum absolute atomic E-state index is 0.193. The van der Waals surface area contributed by atoms with E-state index in [1.165, 1.54) is 20.4 Å². The largest absolute Gasteiger partial charge is 0.490 e. The molecule has 2 amide bonds. The molecule has 0 bridgehead atoms. The van der Waals surface area contributed by atoms with Crippen molar-refractivity contribution in [1.82, 2.24) is 16.1 Å². The molecule has 1 aliphatic heterocycles. The number of hydrogen-bond donors (Lipinski definition) is 4. The molecule has 0 spiro atoms. The maximum Gasteiger partial charge on any atom is 0.339 e. The lowest BCUT2D eigenvalue weighted by molar-refractivity contribution is -0.136. The number of aliphatic hydroxyl groups excluding tert-OH is 1. The second-order valence-corrected chi connectivity index (χ2v) is 9.71. The molecule has 0 saturated carbocycles. The van der Waals surface area contributed by atoms with Crippen molar-refractivity contribution in [3.63, 3.8) is 0 Å². The number of halogens is 1. The molecule has 232 valence electrons. The molecule has 1 aliphatic rings. The number of allylic oxidation sites excluding steroid dienone is 1. The van der Waals surface area contributed by atoms with Crippen LogP contribution in [0.5, 0.6) is 11.5 Å². The predicted molar refractivity (Wildman–Crippen MR) is 159 cm³/mol. The zero-order valence-corrected chi connectivity index (χ0v) is 25.1. The number of urea groups is 1. The number of carbonyl (C=O) groups is 3. The number of ether oxygens (including phenoxy) is 4. The summed E-state index contributed by atoms with van der Waals surface area (Å²) in [6, 6.07) is 11.9. The summed E-state index contributed by atoms with van der Waals surface area (Å²) in [5.74, 6) is 0.435. The van der Waals surface area contributed by atoms with Gasteiger partial charge in [-0.25, -0.2) is 14.4 Å². The zero-order valence-electron chi connectivity index (χ0n) is 24.3. The zero-order chi connectivity index (χ0) is 31.8. The van der Waals surface area contributed by atoms with E-state index in [2.05, 4.69) is 21.2 Å². The SMILES string of the molecule is CCOc1cc([C@@H]2NC(=O)NC(C)=C2C(=O)OC)ccc1OC[C@@H](O)N/N=C\c1ccc(-c2ccc(C(=O)OC)c(Cl)c2)o1. The Labute approximate surface area is 257 Å². The first kappa shape index (κ1) is 31.9. The summed E-state index contributed by atoms with van der Waals surface area (Å²) in [6.07, 6.45) is 0.180. The number of hydrazone groups is 1. The Morgan fingerprint density at radius 3 is 2.57 bits per heavy atom. The minimum Gasteiger partial charge on any atom is -0.490 e. The van der Waals surface area contributed by atoms with E-state index in [4.69, 9.17) is 35.0 Å². The third kappa shape index (κ3) is 7.49. The van der Waals surface area contributed by atoms with Gasteiger partial charge in [0.1, 0.15) is 18.1 Å². The van der Waals surface area contributed by atoms with Gasteiger partial charge in [-0.1, -0.05) is 23.7 Å². The number of carbonyl (C=O) groups excluding carboxylic acids is 3. The molecule has 0 saturated heterocycles. The highest BCUT2D eigenvalue weighted by molar-refractivity contribution is 6.33. The summed E-state index contributed by atoms with van der Waals surface area (Å²) >= 11 is 6.19. The van der Waals surface area contributed by atoms with Crippen LogP contribution in [-0.4, -0.2) is 63.0 Å². The lowest BCUT2D eigenvalue weighted by Crippen LogP contribution is -2.45. The number of benzene rings is 2. The molecule has 0 radical (unpaired) electrons. The molecule has 14 heteroatoms. The topological polar surface area (TPSA) is 170 Å². The van der Waals surface area contributed by atoms with Gasteiger partial charge in [-0.15, -0.1) is 0 Å². The number of furan rings is 1. The third-order valence-corrected chi connectivity index (χ3v) is 6.69. The van der Waals surface area contributed by atoms with Gasteiger partial charge >= 0.3 is 18.0 Å². The van der Waals surface area contributed by atoms with Crippen LogP contribution in [0.25, 0.3) is 11.3 Å². The van der Waals surface area contributed by atoms with E-state index in [0.29, 0.717) is 46.5 Å². The summed E-state index contributed by atoms with van der Waals surface area (Å²) < 4.78 is 26.8. The maximum absolute atomic E-state index is 12.4. The number of amides is 2. The highest BCUT2D eigenvalue weighted by atomic mass is 35.5. The maximum atomic E-state index is 12.4. The predicted octanol–water partition coefficient (Wildman–Crippen LogP) is 3.91. The van der Waals surface area contributed by atoms with Crippen LogP contribution in [0.15, 0.2) is 69.3 Å². The van der Waals surface area contributed by atoms with Gasteiger partial charge in [-0.05, 0) is 55.8 Å². The summed E-state index contributed by atoms with van der Waals surface area (Å²) in [7, 11) is 2.54. The number of hydrogen-bond acceptors (Lipinski definition) is 11. The van der Waals surface area contributed by atoms with Crippen molar-refractivity contribution in [3.05, 3.63) is 81.7 Å². The molecule has 1 aromatic heterocycles. The van der Waals surface area contributed by atoms with Crippen LogP contribution in [0.3, 0.4) is 0 Å². The number of nitrogens with one attached hydrogen (secondary N) is 3. The smallest absolute Gasteiger partial charge is 0.339 e. The van der Waals surface area contributed by atoms with Crippen molar-refractivity contribution in [1.29, 1.82) is 0 Å². The highest BCUT2D eigenvalue weighted by Crippen LogP contribution is 2.35. The van der Waals surface area contributed by atoms with Gasteiger partial charge in [0.15, 0.2) is 17.7 Å². The van der Waals surface area contributed by atoms with E-state index in [1.807, 2.05) is 0 Å². The molecule has 3 aromatic rings. The van der Waals surface area contributed by atoms with Gasteiger partial charge in [0, 0.05) is 11.3 Å². The monoisotopic (exact) mass is 626 g/mol. The fourth-order valence-corrected chi connectivity index (χ4v) is 4.59. The van der Waals surface area contributed by atoms with Gasteiger partial charge in [0.25, 0.3) is 0 Å². The average molecular weight is 627 g/mol. The molecule has 4 N–H and O–H groups in total. The van der Waals surface area contributed by atoms with E-state index >= 15 is 0 Å². The van der Waals surface area contributed by atoms with E-state index < -0.39 is 30.2 Å². The standard InChI is InChI=1S/C30H31ClN4O9/c1-5-42-24-13-18(27-26(29(38)41-4)16(2)33-30(39)34-27)7-10-23(24)43-15-25(36)35-32-14-19-8-11-22(44-19)17-6-9-20(21(31)12-17)28(37)40-3/h6-14,25,27,35-36H,5,15H2,1-4H3,(H2,33,34,39)/b32-14-/t25-,27+/m1/s1. The van der Waals surface area contributed by atoms with Gasteiger partial charge in [-0.3, -0.25) is 5.43 Å².